The van der Waals surface area contributed by atoms with E-state index in [1.807, 2.05) is 32.8 Å². The van der Waals surface area contributed by atoms with E-state index in [0.29, 0.717) is 18.4 Å². The van der Waals surface area contributed by atoms with Gasteiger partial charge in [-0.15, -0.1) is 13.2 Å². The van der Waals surface area contributed by atoms with Gasteiger partial charge in [-0.2, -0.15) is 0 Å². The quantitative estimate of drug-likeness (QED) is 0.519. The molecule has 0 radical (unpaired) electrons. The molecule has 1 N–H and O–H groups in total. The molecule has 2 fully saturated rings. The molecular weight excluding hydrogens is 541 g/mol. The predicted octanol–water partition coefficient (Wildman–Crippen LogP) is 3.49. The zero-order chi connectivity index (χ0) is 30.1. The van der Waals surface area contributed by atoms with Crippen LogP contribution in [0.15, 0.2) is 48.5 Å². The molecular formula is C29H33F3N4O5. The summed E-state index contributed by atoms with van der Waals surface area (Å²) in [5, 5.41) is 2.83. The Morgan fingerprint density at radius 3 is 2.34 bits per heavy atom. The average molecular weight is 575 g/mol. The van der Waals surface area contributed by atoms with Gasteiger partial charge < -0.3 is 24.8 Å². The lowest BCUT2D eigenvalue weighted by atomic mass is 10.0. The molecule has 3 atom stereocenters. The number of alkyl halides is 3. The minimum Gasteiger partial charge on any atom is -0.406 e. The number of likely N-dealkylation sites (tertiary alicyclic amines) is 2. The summed E-state index contributed by atoms with van der Waals surface area (Å²) in [7, 11) is 3.77. The van der Waals surface area contributed by atoms with E-state index in [9.17, 15) is 32.3 Å². The van der Waals surface area contributed by atoms with Crippen molar-refractivity contribution in [1.82, 2.24) is 15.1 Å². The summed E-state index contributed by atoms with van der Waals surface area (Å²) in [4.78, 5) is 57.7. The van der Waals surface area contributed by atoms with Crippen LogP contribution in [0.2, 0.25) is 0 Å². The molecule has 4 rings (SSSR count). The Morgan fingerprint density at radius 2 is 1.73 bits per heavy atom. The van der Waals surface area contributed by atoms with Crippen LogP contribution in [0.5, 0.6) is 5.75 Å². The van der Waals surface area contributed by atoms with Crippen molar-refractivity contribution in [3.63, 3.8) is 0 Å². The molecule has 2 aromatic carbocycles. The van der Waals surface area contributed by atoms with Crippen LogP contribution < -0.4 is 15.0 Å². The van der Waals surface area contributed by atoms with Gasteiger partial charge in [0.1, 0.15) is 17.8 Å². The van der Waals surface area contributed by atoms with Crippen molar-refractivity contribution in [3.05, 3.63) is 59.7 Å². The van der Waals surface area contributed by atoms with Gasteiger partial charge in [-0.1, -0.05) is 19.9 Å². The maximum absolute atomic E-state index is 13.7. The molecule has 0 aliphatic carbocycles. The van der Waals surface area contributed by atoms with Crippen molar-refractivity contribution in [2.75, 3.05) is 32.1 Å². The van der Waals surface area contributed by atoms with Gasteiger partial charge in [0.05, 0.1) is 12.6 Å². The summed E-state index contributed by atoms with van der Waals surface area (Å²) in [6.07, 6.45) is -4.25. The number of ether oxygens (including phenoxy) is 1. The normalized spacial score (nSPS) is 19.3. The van der Waals surface area contributed by atoms with E-state index < -0.39 is 48.0 Å². The average Bonchev–Trinajstić information content (AvgIpc) is 3.47. The molecule has 2 saturated heterocycles. The minimum atomic E-state index is -4.92. The van der Waals surface area contributed by atoms with E-state index in [4.69, 9.17) is 0 Å². The van der Waals surface area contributed by atoms with E-state index in [-0.39, 0.29) is 30.4 Å². The number of rotatable bonds is 8. The van der Waals surface area contributed by atoms with Crippen LogP contribution in [-0.2, 0) is 9.59 Å². The molecule has 2 unspecified atom stereocenters. The highest BCUT2D eigenvalue weighted by molar-refractivity contribution is 6.03. The van der Waals surface area contributed by atoms with Crippen molar-refractivity contribution in [2.45, 2.75) is 51.2 Å². The molecule has 41 heavy (non-hydrogen) atoms. The monoisotopic (exact) mass is 574 g/mol. The summed E-state index contributed by atoms with van der Waals surface area (Å²) in [6, 6.07) is 9.21. The fraction of sp³-hybridized carbons (Fsp3) is 0.448. The molecule has 2 aliphatic heterocycles. The van der Waals surface area contributed by atoms with E-state index in [2.05, 4.69) is 10.1 Å². The molecule has 3 amide bonds. The third-order valence-corrected chi connectivity index (χ3v) is 7.24. The summed E-state index contributed by atoms with van der Waals surface area (Å²) in [5.74, 6) is -2.28. The SMILES string of the molecule is CC(C)C[C@H](NC(=O)c1ccc(N(C)C)cc1)C(=O)N1CCC2C1C(=O)CN2C(=O)c1cccc(OC(F)(F)F)c1. The summed E-state index contributed by atoms with van der Waals surface area (Å²) < 4.78 is 41.9. The maximum atomic E-state index is 13.7. The topological polar surface area (TPSA) is 99.3 Å². The number of fused-ring (bicyclic) bond motifs is 1. The highest BCUT2D eigenvalue weighted by Crippen LogP contribution is 2.33. The Hall–Kier alpha value is -4.09. The molecule has 220 valence electrons. The fourth-order valence-corrected chi connectivity index (χ4v) is 5.38. The maximum Gasteiger partial charge on any atom is 0.573 e. The van der Waals surface area contributed by atoms with Crippen molar-refractivity contribution < 1.29 is 37.1 Å². The Bertz CT molecular complexity index is 1310. The second kappa shape index (κ2) is 11.8. The van der Waals surface area contributed by atoms with Gasteiger partial charge in [-0.25, -0.2) is 0 Å². The number of Topliss-reactive ketones (excluding diaryl/α,β-unsaturated/α-hetero) is 1. The van der Waals surface area contributed by atoms with E-state index in [0.717, 1.165) is 17.8 Å². The van der Waals surface area contributed by atoms with E-state index in [1.165, 1.54) is 21.9 Å². The van der Waals surface area contributed by atoms with Gasteiger partial charge in [-0.05, 0) is 61.2 Å². The Labute approximate surface area is 236 Å². The number of carbonyl (C=O) groups excluding carboxylic acids is 4. The Balaban J connectivity index is 1.49. The third kappa shape index (κ3) is 6.80. The van der Waals surface area contributed by atoms with Crippen molar-refractivity contribution in [1.29, 1.82) is 0 Å². The van der Waals surface area contributed by atoms with Gasteiger partial charge in [0.25, 0.3) is 11.8 Å². The number of nitrogens with zero attached hydrogens (tertiary/aromatic N) is 3. The van der Waals surface area contributed by atoms with Crippen LogP contribution in [0.3, 0.4) is 0 Å². The smallest absolute Gasteiger partial charge is 0.406 e. The number of amides is 3. The first-order valence-corrected chi connectivity index (χ1v) is 13.3. The number of benzene rings is 2. The molecule has 0 spiro atoms. The number of anilines is 1. The molecule has 2 heterocycles. The largest absolute Gasteiger partial charge is 0.573 e. The number of ketones is 1. The van der Waals surface area contributed by atoms with Gasteiger partial charge in [0.15, 0.2) is 5.78 Å². The number of hydrogen-bond donors (Lipinski definition) is 1. The summed E-state index contributed by atoms with van der Waals surface area (Å²) >= 11 is 0. The minimum absolute atomic E-state index is 0.0577. The van der Waals surface area contributed by atoms with E-state index in [1.54, 1.807) is 24.3 Å². The molecule has 0 saturated carbocycles. The zero-order valence-electron chi connectivity index (χ0n) is 23.3. The van der Waals surface area contributed by atoms with Crippen LogP contribution in [0.1, 0.15) is 47.4 Å². The lowest BCUT2D eigenvalue weighted by Gasteiger charge is -2.29. The first kappa shape index (κ1) is 29.9. The van der Waals surface area contributed by atoms with Crippen molar-refractivity contribution in [3.8, 4) is 5.75 Å². The molecule has 0 bridgehead atoms. The first-order valence-electron chi connectivity index (χ1n) is 13.3. The van der Waals surface area contributed by atoms with Gasteiger partial charge in [0, 0.05) is 37.5 Å². The molecule has 9 nitrogen and oxygen atoms in total. The standard InChI is InChI=1S/C29H33F3N4O5/c1-17(2)14-22(33-26(38)18-8-10-20(11-9-18)34(3)4)28(40)35-13-12-23-25(35)24(37)16-36(23)27(39)19-6-5-7-21(15-19)41-29(30,31)32/h5-11,15,17,22-23,25H,12-14,16H2,1-4H3,(H,33,38)/t22-,23?,25?/m0/s1. The zero-order valence-corrected chi connectivity index (χ0v) is 23.3. The summed E-state index contributed by atoms with van der Waals surface area (Å²) in [5.41, 5.74) is 1.25. The van der Waals surface area contributed by atoms with Crippen LogP contribution >= 0.6 is 0 Å². The lowest BCUT2D eigenvalue weighted by molar-refractivity contribution is -0.274. The molecule has 12 heteroatoms. The van der Waals surface area contributed by atoms with Crippen LogP contribution in [0, 0.1) is 5.92 Å². The van der Waals surface area contributed by atoms with Crippen LogP contribution in [-0.4, -0.2) is 85.0 Å². The number of halogens is 3. The second-order valence-corrected chi connectivity index (χ2v) is 10.9. The number of nitrogens with one attached hydrogen (secondary N) is 1. The number of hydrogen-bond acceptors (Lipinski definition) is 6. The Morgan fingerprint density at radius 1 is 1.05 bits per heavy atom. The number of carbonyl (C=O) groups is 4. The molecule has 2 aliphatic rings. The lowest BCUT2D eigenvalue weighted by Crippen LogP contribution is -2.53. The third-order valence-electron chi connectivity index (χ3n) is 7.24. The molecule has 0 aromatic heterocycles. The highest BCUT2D eigenvalue weighted by atomic mass is 19.4. The van der Waals surface area contributed by atoms with Gasteiger partial charge >= 0.3 is 6.36 Å². The van der Waals surface area contributed by atoms with Crippen LogP contribution in [0.4, 0.5) is 18.9 Å². The first-order chi connectivity index (χ1) is 19.2. The highest BCUT2D eigenvalue weighted by Gasteiger charge is 2.52. The second-order valence-electron chi connectivity index (χ2n) is 10.9. The Kier molecular flexibility index (Phi) is 8.60. The van der Waals surface area contributed by atoms with E-state index >= 15 is 0 Å². The van der Waals surface area contributed by atoms with Gasteiger partial charge in [-0.3, -0.25) is 19.2 Å². The van der Waals surface area contributed by atoms with Gasteiger partial charge in [0.2, 0.25) is 5.91 Å². The fourth-order valence-electron chi connectivity index (χ4n) is 5.38. The molecule has 2 aromatic rings. The predicted molar refractivity (Wildman–Crippen MR) is 145 cm³/mol. The van der Waals surface area contributed by atoms with Crippen molar-refractivity contribution >= 4 is 29.2 Å². The summed E-state index contributed by atoms with van der Waals surface area (Å²) in [6.45, 7) is 3.76. The van der Waals surface area contributed by atoms with Crippen LogP contribution in [0.25, 0.3) is 0 Å². The van der Waals surface area contributed by atoms with Crippen molar-refractivity contribution in [2.24, 2.45) is 5.92 Å².